The summed E-state index contributed by atoms with van der Waals surface area (Å²) in [6, 6.07) is 16.3. The van der Waals surface area contributed by atoms with Crippen molar-refractivity contribution in [3.05, 3.63) is 75.0 Å². The Bertz CT molecular complexity index is 953. The molecule has 1 fully saturated rings. The van der Waals surface area contributed by atoms with Crippen LogP contribution in [0.1, 0.15) is 17.9 Å². The third-order valence-corrected chi connectivity index (χ3v) is 6.44. The zero-order valence-corrected chi connectivity index (χ0v) is 16.6. The molecule has 27 heavy (non-hydrogen) atoms. The number of nitrogens with zero attached hydrogens (tertiary/aromatic N) is 3. The van der Waals surface area contributed by atoms with Crippen LogP contribution in [-0.4, -0.2) is 23.4 Å². The molecule has 2 aromatic rings. The molecule has 0 saturated carbocycles. The van der Waals surface area contributed by atoms with Crippen LogP contribution in [0.4, 0.5) is 10.1 Å². The second-order valence-corrected chi connectivity index (χ2v) is 8.24. The minimum absolute atomic E-state index is 0.0207. The lowest BCUT2D eigenvalue weighted by atomic mass is 9.86. The molecule has 4 rings (SSSR count). The van der Waals surface area contributed by atoms with Gasteiger partial charge in [-0.1, -0.05) is 39.8 Å². The molecule has 0 spiro atoms. The average Bonchev–Trinajstić information content (AvgIpc) is 2.69. The van der Waals surface area contributed by atoms with E-state index in [1.54, 1.807) is 17.0 Å². The number of benzene rings is 2. The number of hydrogen-bond acceptors (Lipinski definition) is 4. The number of amides is 1. The van der Waals surface area contributed by atoms with Gasteiger partial charge in [0.2, 0.25) is 5.91 Å². The summed E-state index contributed by atoms with van der Waals surface area (Å²) >= 11 is 4.92. The number of halogens is 2. The van der Waals surface area contributed by atoms with Gasteiger partial charge in [0, 0.05) is 22.5 Å². The average molecular weight is 444 g/mol. The van der Waals surface area contributed by atoms with Gasteiger partial charge in [0.25, 0.3) is 0 Å². The summed E-state index contributed by atoms with van der Waals surface area (Å²) in [6.45, 7) is 0.421. The highest BCUT2D eigenvalue weighted by molar-refractivity contribution is 9.10. The van der Waals surface area contributed by atoms with E-state index in [9.17, 15) is 14.4 Å². The van der Waals surface area contributed by atoms with Gasteiger partial charge in [-0.25, -0.2) is 4.39 Å². The van der Waals surface area contributed by atoms with Crippen LogP contribution in [0.15, 0.2) is 63.6 Å². The summed E-state index contributed by atoms with van der Waals surface area (Å²) in [6.07, 6.45) is 0.215. The molecule has 0 N–H and O–H groups in total. The van der Waals surface area contributed by atoms with Crippen LogP contribution >= 0.6 is 27.7 Å². The maximum atomic E-state index is 13.2. The molecule has 0 bridgehead atoms. The van der Waals surface area contributed by atoms with Crippen LogP contribution < -0.4 is 4.90 Å². The van der Waals surface area contributed by atoms with E-state index in [0.717, 1.165) is 20.8 Å². The first-order valence-electron chi connectivity index (χ1n) is 8.40. The minimum Gasteiger partial charge on any atom is -0.344 e. The lowest BCUT2D eigenvalue weighted by molar-refractivity contribution is -0.129. The van der Waals surface area contributed by atoms with E-state index in [4.69, 9.17) is 0 Å². The highest BCUT2D eigenvalue weighted by Gasteiger charge is 2.38. The number of carbonyl (C=O) groups excluding carboxylic acids is 1. The lowest BCUT2D eigenvalue weighted by Crippen LogP contribution is -2.47. The molecule has 7 heteroatoms. The van der Waals surface area contributed by atoms with E-state index in [2.05, 4.69) is 26.9 Å². The number of fused-ring (bicyclic) bond motifs is 1. The molecule has 2 heterocycles. The van der Waals surface area contributed by atoms with Gasteiger partial charge in [0.15, 0.2) is 0 Å². The van der Waals surface area contributed by atoms with Crippen molar-refractivity contribution in [2.75, 3.05) is 17.4 Å². The summed E-state index contributed by atoms with van der Waals surface area (Å²) < 4.78 is 14.2. The van der Waals surface area contributed by atoms with Crippen molar-refractivity contribution in [2.45, 2.75) is 12.3 Å². The fraction of sp³-hybridized carbons (Fsp3) is 0.200. The normalized spacial score (nSPS) is 19.7. The molecule has 2 aliphatic heterocycles. The lowest BCUT2D eigenvalue weighted by Gasteiger charge is -2.42. The van der Waals surface area contributed by atoms with E-state index in [0.29, 0.717) is 18.1 Å². The van der Waals surface area contributed by atoms with Crippen molar-refractivity contribution in [3.8, 4) is 6.07 Å². The first kappa shape index (κ1) is 18.1. The fourth-order valence-corrected chi connectivity index (χ4v) is 4.79. The van der Waals surface area contributed by atoms with Crippen molar-refractivity contribution in [1.82, 2.24) is 4.90 Å². The maximum absolute atomic E-state index is 13.2. The number of hydrogen-bond donors (Lipinski definition) is 0. The molecule has 2 aromatic carbocycles. The van der Waals surface area contributed by atoms with Crippen LogP contribution in [0.3, 0.4) is 0 Å². The quantitative estimate of drug-likeness (QED) is 0.667. The van der Waals surface area contributed by atoms with Crippen molar-refractivity contribution in [2.24, 2.45) is 0 Å². The topological polar surface area (TPSA) is 47.3 Å². The third-order valence-electron chi connectivity index (χ3n) is 4.76. The number of nitriles is 1. The Balaban J connectivity index is 1.65. The molecular weight excluding hydrogens is 429 g/mol. The van der Waals surface area contributed by atoms with Crippen LogP contribution in [0.2, 0.25) is 0 Å². The second-order valence-electron chi connectivity index (χ2n) is 6.39. The van der Waals surface area contributed by atoms with Crippen LogP contribution in [0.5, 0.6) is 0 Å². The van der Waals surface area contributed by atoms with Crippen LogP contribution in [0, 0.1) is 17.1 Å². The molecule has 0 aromatic heterocycles. The van der Waals surface area contributed by atoms with Gasteiger partial charge < -0.3 is 4.90 Å². The summed E-state index contributed by atoms with van der Waals surface area (Å²) in [5.41, 5.74) is 2.41. The van der Waals surface area contributed by atoms with E-state index in [1.807, 2.05) is 24.3 Å². The van der Waals surface area contributed by atoms with E-state index < -0.39 is 0 Å². The third kappa shape index (κ3) is 3.47. The summed E-state index contributed by atoms with van der Waals surface area (Å²) in [5.74, 6) is -0.0122. The monoisotopic (exact) mass is 443 g/mol. The minimum atomic E-state index is -0.328. The van der Waals surface area contributed by atoms with Crippen molar-refractivity contribution in [1.29, 1.82) is 5.26 Å². The van der Waals surface area contributed by atoms with Gasteiger partial charge in [0.1, 0.15) is 5.82 Å². The zero-order chi connectivity index (χ0) is 19.0. The predicted octanol–water partition coefficient (Wildman–Crippen LogP) is 4.81. The van der Waals surface area contributed by atoms with Gasteiger partial charge in [-0.15, -0.1) is 0 Å². The molecule has 1 unspecified atom stereocenters. The Morgan fingerprint density at radius 1 is 1.15 bits per heavy atom. The zero-order valence-electron chi connectivity index (χ0n) is 14.2. The number of rotatable bonds is 2. The molecule has 1 atom stereocenters. The van der Waals surface area contributed by atoms with Gasteiger partial charge in [0.05, 0.1) is 29.2 Å². The highest BCUT2D eigenvalue weighted by atomic mass is 79.9. The maximum Gasteiger partial charge on any atom is 0.229 e. The summed E-state index contributed by atoms with van der Waals surface area (Å²) in [7, 11) is 0. The Kier molecular flexibility index (Phi) is 4.94. The van der Waals surface area contributed by atoms with Crippen LogP contribution in [-0.2, 0) is 4.79 Å². The largest absolute Gasteiger partial charge is 0.344 e. The highest BCUT2D eigenvalue weighted by Crippen LogP contribution is 2.43. The number of allylic oxidation sites excluding steroid dienone is 1. The standard InChI is InChI=1S/C20H15BrFN3OS/c21-14-3-7-16(8-4-14)24-11-25-19(26)9-17(13-1-5-15(22)6-2-13)18(10-23)20(25)27-12-24/h1-8,17H,9,11-12H2. The van der Waals surface area contributed by atoms with Crippen molar-refractivity contribution >= 4 is 39.3 Å². The van der Waals surface area contributed by atoms with E-state index in [-0.39, 0.29) is 24.1 Å². The second kappa shape index (κ2) is 7.37. The molecule has 1 saturated heterocycles. The van der Waals surface area contributed by atoms with E-state index in [1.165, 1.54) is 23.9 Å². The Morgan fingerprint density at radius 2 is 1.85 bits per heavy atom. The SMILES string of the molecule is N#CC1=C2SCN(c3ccc(Br)cc3)CN2C(=O)CC1c1ccc(F)cc1. The predicted molar refractivity (Wildman–Crippen MR) is 107 cm³/mol. The van der Waals surface area contributed by atoms with Crippen LogP contribution in [0.25, 0.3) is 0 Å². The van der Waals surface area contributed by atoms with Crippen molar-refractivity contribution < 1.29 is 9.18 Å². The van der Waals surface area contributed by atoms with Crippen molar-refractivity contribution in [3.63, 3.8) is 0 Å². The van der Waals surface area contributed by atoms with Gasteiger partial charge in [-0.2, -0.15) is 5.26 Å². The van der Waals surface area contributed by atoms with Gasteiger partial charge in [-0.05, 0) is 42.0 Å². The molecule has 2 aliphatic rings. The summed E-state index contributed by atoms with van der Waals surface area (Å²) in [4.78, 5) is 16.6. The number of anilines is 1. The Labute approximate surface area is 169 Å². The van der Waals surface area contributed by atoms with Gasteiger partial charge >= 0.3 is 0 Å². The molecule has 136 valence electrons. The van der Waals surface area contributed by atoms with E-state index >= 15 is 0 Å². The summed E-state index contributed by atoms with van der Waals surface area (Å²) in [5, 5.41) is 10.5. The Hall–Kier alpha value is -2.30. The first-order chi connectivity index (χ1) is 13.1. The molecule has 0 radical (unpaired) electrons. The molecule has 4 nitrogen and oxygen atoms in total. The first-order valence-corrected chi connectivity index (χ1v) is 10.2. The number of carbonyl (C=O) groups is 1. The molecule has 1 amide bonds. The number of thioether (sulfide) groups is 1. The molecular formula is C20H15BrFN3OS. The smallest absolute Gasteiger partial charge is 0.229 e. The van der Waals surface area contributed by atoms with Gasteiger partial charge in [-0.3, -0.25) is 9.69 Å². The fourth-order valence-electron chi connectivity index (χ4n) is 3.36. The Morgan fingerprint density at radius 3 is 2.52 bits per heavy atom. The molecule has 0 aliphatic carbocycles.